The molecule has 0 fully saturated rings. The molecule has 2 rings (SSSR count). The fourth-order valence-corrected chi connectivity index (χ4v) is 2.17. The maximum Gasteiger partial charge on any atom is 0.132 e. The van der Waals surface area contributed by atoms with Crippen LogP contribution >= 0.6 is 0 Å². The van der Waals surface area contributed by atoms with Gasteiger partial charge in [-0.05, 0) is 55.2 Å². The average Bonchev–Trinajstić information content (AvgIpc) is 2.42. The van der Waals surface area contributed by atoms with E-state index in [4.69, 9.17) is 10.5 Å². The van der Waals surface area contributed by atoms with Crippen LogP contribution in [0.2, 0.25) is 0 Å². The van der Waals surface area contributed by atoms with Crippen molar-refractivity contribution in [3.63, 3.8) is 0 Å². The van der Waals surface area contributed by atoms with E-state index in [1.807, 2.05) is 26.0 Å². The Morgan fingerprint density at radius 2 is 1.71 bits per heavy atom. The van der Waals surface area contributed by atoms with Crippen LogP contribution in [0.25, 0.3) is 0 Å². The molecule has 0 spiro atoms. The molecular formula is C18H22FNO. The molecule has 3 heteroatoms. The molecule has 0 saturated carbocycles. The van der Waals surface area contributed by atoms with Gasteiger partial charge in [-0.25, -0.2) is 4.39 Å². The molecule has 0 saturated heterocycles. The smallest absolute Gasteiger partial charge is 0.132 e. The highest BCUT2D eigenvalue weighted by molar-refractivity contribution is 5.44. The first-order valence-electron chi connectivity index (χ1n) is 7.22. The molecule has 0 aromatic heterocycles. The average molecular weight is 287 g/mol. The summed E-state index contributed by atoms with van der Waals surface area (Å²) in [5.41, 5.74) is 8.83. The van der Waals surface area contributed by atoms with Crippen molar-refractivity contribution in [3.05, 3.63) is 58.9 Å². The van der Waals surface area contributed by atoms with Crippen molar-refractivity contribution in [3.8, 4) is 11.5 Å². The predicted molar refractivity (Wildman–Crippen MR) is 84.3 cm³/mol. The van der Waals surface area contributed by atoms with Gasteiger partial charge >= 0.3 is 0 Å². The van der Waals surface area contributed by atoms with Gasteiger partial charge in [0, 0.05) is 11.6 Å². The number of halogens is 1. The highest BCUT2D eigenvalue weighted by Crippen LogP contribution is 2.32. The SMILES string of the molecule is Cc1ccc(C(C)C)cc1Oc1ccc(F)cc1C(C)N. The topological polar surface area (TPSA) is 35.2 Å². The minimum atomic E-state index is -0.303. The van der Waals surface area contributed by atoms with Crippen LogP contribution in [0, 0.1) is 12.7 Å². The van der Waals surface area contributed by atoms with E-state index in [0.29, 0.717) is 17.2 Å². The van der Waals surface area contributed by atoms with Crippen LogP contribution in [0.5, 0.6) is 11.5 Å². The van der Waals surface area contributed by atoms with Gasteiger partial charge in [0.15, 0.2) is 0 Å². The predicted octanol–water partition coefficient (Wildman–Crippen LogP) is 5.07. The van der Waals surface area contributed by atoms with E-state index < -0.39 is 0 Å². The number of nitrogens with two attached hydrogens (primary N) is 1. The first-order chi connectivity index (χ1) is 9.88. The molecule has 2 aromatic carbocycles. The number of aryl methyl sites for hydroxylation is 1. The quantitative estimate of drug-likeness (QED) is 0.852. The van der Waals surface area contributed by atoms with Gasteiger partial charge in [0.05, 0.1) is 0 Å². The molecular weight excluding hydrogens is 265 g/mol. The Balaban J connectivity index is 2.40. The third-order valence-corrected chi connectivity index (χ3v) is 3.56. The zero-order chi connectivity index (χ0) is 15.6. The minimum absolute atomic E-state index is 0.288. The fourth-order valence-electron chi connectivity index (χ4n) is 2.17. The van der Waals surface area contributed by atoms with Gasteiger partial charge in [-0.2, -0.15) is 0 Å². The zero-order valence-electron chi connectivity index (χ0n) is 13.0. The highest BCUT2D eigenvalue weighted by atomic mass is 19.1. The molecule has 0 heterocycles. The molecule has 21 heavy (non-hydrogen) atoms. The summed E-state index contributed by atoms with van der Waals surface area (Å²) in [4.78, 5) is 0. The summed E-state index contributed by atoms with van der Waals surface area (Å²) in [6.45, 7) is 8.09. The highest BCUT2D eigenvalue weighted by Gasteiger charge is 2.12. The minimum Gasteiger partial charge on any atom is -0.457 e. The van der Waals surface area contributed by atoms with Gasteiger partial charge in [-0.15, -0.1) is 0 Å². The van der Waals surface area contributed by atoms with E-state index in [1.165, 1.54) is 17.7 Å². The van der Waals surface area contributed by atoms with Crippen molar-refractivity contribution >= 4 is 0 Å². The lowest BCUT2D eigenvalue weighted by Gasteiger charge is -2.16. The molecule has 0 amide bonds. The molecule has 1 atom stereocenters. The zero-order valence-corrected chi connectivity index (χ0v) is 13.0. The third-order valence-electron chi connectivity index (χ3n) is 3.56. The Morgan fingerprint density at radius 1 is 1.00 bits per heavy atom. The van der Waals surface area contributed by atoms with Crippen LogP contribution in [-0.2, 0) is 0 Å². The van der Waals surface area contributed by atoms with Gasteiger partial charge < -0.3 is 10.5 Å². The second-order valence-corrected chi connectivity index (χ2v) is 5.75. The molecule has 0 radical (unpaired) electrons. The Kier molecular flexibility index (Phi) is 4.63. The number of ether oxygens (including phenoxy) is 1. The normalized spacial score (nSPS) is 12.5. The lowest BCUT2D eigenvalue weighted by atomic mass is 10.0. The lowest BCUT2D eigenvalue weighted by molar-refractivity contribution is 0.465. The molecule has 0 aliphatic heterocycles. The van der Waals surface area contributed by atoms with Crippen molar-refractivity contribution < 1.29 is 9.13 Å². The van der Waals surface area contributed by atoms with Crippen molar-refractivity contribution in [2.45, 2.75) is 39.7 Å². The maximum absolute atomic E-state index is 13.4. The van der Waals surface area contributed by atoms with Crippen molar-refractivity contribution in [2.24, 2.45) is 5.73 Å². The summed E-state index contributed by atoms with van der Waals surface area (Å²) >= 11 is 0. The van der Waals surface area contributed by atoms with Crippen LogP contribution in [0.1, 0.15) is 49.4 Å². The Labute approximate surface area is 125 Å². The summed E-state index contributed by atoms with van der Waals surface area (Å²) in [5.74, 6) is 1.52. The van der Waals surface area contributed by atoms with Crippen molar-refractivity contribution in [1.29, 1.82) is 0 Å². The van der Waals surface area contributed by atoms with Gasteiger partial charge in [-0.1, -0.05) is 26.0 Å². The molecule has 1 unspecified atom stereocenters. The Hall–Kier alpha value is -1.87. The van der Waals surface area contributed by atoms with E-state index in [1.54, 1.807) is 6.07 Å². The number of hydrogen-bond donors (Lipinski definition) is 1. The molecule has 2 nitrogen and oxygen atoms in total. The van der Waals surface area contributed by atoms with Crippen molar-refractivity contribution in [2.75, 3.05) is 0 Å². The van der Waals surface area contributed by atoms with Crippen LogP contribution in [0.3, 0.4) is 0 Å². The number of benzene rings is 2. The first-order valence-corrected chi connectivity index (χ1v) is 7.22. The van der Waals surface area contributed by atoms with E-state index >= 15 is 0 Å². The number of rotatable bonds is 4. The van der Waals surface area contributed by atoms with Gasteiger partial charge in [0.25, 0.3) is 0 Å². The second kappa shape index (κ2) is 6.27. The monoisotopic (exact) mass is 287 g/mol. The molecule has 112 valence electrons. The molecule has 0 aliphatic rings. The summed E-state index contributed by atoms with van der Waals surface area (Å²) in [7, 11) is 0. The van der Waals surface area contributed by atoms with Gasteiger partial charge in [0.1, 0.15) is 17.3 Å². The molecule has 2 aromatic rings. The number of hydrogen-bond acceptors (Lipinski definition) is 2. The van der Waals surface area contributed by atoms with E-state index in [0.717, 1.165) is 11.3 Å². The van der Waals surface area contributed by atoms with E-state index in [-0.39, 0.29) is 11.9 Å². The van der Waals surface area contributed by atoms with E-state index in [9.17, 15) is 4.39 Å². The van der Waals surface area contributed by atoms with Crippen LogP contribution in [0.4, 0.5) is 4.39 Å². The van der Waals surface area contributed by atoms with Crippen LogP contribution in [0.15, 0.2) is 36.4 Å². The fraction of sp³-hybridized carbons (Fsp3) is 0.333. The third kappa shape index (κ3) is 3.61. The summed E-state index contributed by atoms with van der Waals surface area (Å²) in [6.07, 6.45) is 0. The standard InChI is InChI=1S/C18H22FNO/c1-11(2)14-6-5-12(3)18(9-14)21-17-8-7-15(19)10-16(17)13(4)20/h5-11,13H,20H2,1-4H3. The first kappa shape index (κ1) is 15.5. The van der Waals surface area contributed by atoms with Gasteiger partial charge in [-0.3, -0.25) is 0 Å². The maximum atomic E-state index is 13.4. The Bertz CT molecular complexity index is 635. The van der Waals surface area contributed by atoms with E-state index in [2.05, 4.69) is 19.9 Å². The van der Waals surface area contributed by atoms with Gasteiger partial charge in [0.2, 0.25) is 0 Å². The molecule has 2 N–H and O–H groups in total. The molecule has 0 bridgehead atoms. The van der Waals surface area contributed by atoms with Crippen LogP contribution < -0.4 is 10.5 Å². The summed E-state index contributed by atoms with van der Waals surface area (Å²) in [5, 5.41) is 0. The van der Waals surface area contributed by atoms with Crippen LogP contribution in [-0.4, -0.2) is 0 Å². The lowest BCUT2D eigenvalue weighted by Crippen LogP contribution is -2.07. The Morgan fingerprint density at radius 3 is 2.33 bits per heavy atom. The molecule has 0 aliphatic carbocycles. The second-order valence-electron chi connectivity index (χ2n) is 5.75. The summed E-state index contributed by atoms with van der Waals surface area (Å²) < 4.78 is 19.4. The largest absolute Gasteiger partial charge is 0.457 e. The van der Waals surface area contributed by atoms with Crippen molar-refractivity contribution in [1.82, 2.24) is 0 Å². The summed E-state index contributed by atoms with van der Waals surface area (Å²) in [6, 6.07) is 10.3.